The molecular formula is C31H36N3Si+. The van der Waals surface area contributed by atoms with Crippen LogP contribution in [-0.4, -0.2) is 17.5 Å². The topological polar surface area (TPSA) is 21.2 Å². The molecule has 0 fully saturated rings. The van der Waals surface area contributed by atoms with E-state index in [1.54, 1.807) is 0 Å². The van der Waals surface area contributed by atoms with Crippen molar-refractivity contribution in [3.05, 3.63) is 59.4 Å². The lowest BCUT2D eigenvalue weighted by Gasteiger charge is -2.19. The zero-order chi connectivity index (χ0) is 25.0. The fraction of sp³-hybridized carbons (Fsp3) is 0.355. The van der Waals surface area contributed by atoms with E-state index in [1.165, 1.54) is 65.5 Å². The molecule has 3 aromatic heterocycles. The largest absolute Gasteiger partial charge is 0.308 e. The maximum absolute atomic E-state index is 4.95. The molecule has 0 unspecified atom stereocenters. The third kappa shape index (κ3) is 3.15. The van der Waals surface area contributed by atoms with Gasteiger partial charge in [-0.2, -0.15) is 0 Å². The quantitative estimate of drug-likeness (QED) is 0.114. The molecule has 0 amide bonds. The van der Waals surface area contributed by atoms with Crippen LogP contribution in [0.3, 0.4) is 0 Å². The average Bonchev–Trinajstić information content (AvgIpc) is 3.08. The van der Waals surface area contributed by atoms with E-state index in [-0.39, 0.29) is 5.41 Å². The van der Waals surface area contributed by atoms with Crippen LogP contribution in [0.1, 0.15) is 37.5 Å². The number of rotatable bonds is 2. The molecule has 4 heteroatoms. The van der Waals surface area contributed by atoms with Crippen LogP contribution in [0.4, 0.5) is 0 Å². The van der Waals surface area contributed by atoms with Gasteiger partial charge in [-0.1, -0.05) is 57.7 Å². The third-order valence-electron chi connectivity index (χ3n) is 7.80. The van der Waals surface area contributed by atoms with Gasteiger partial charge in [-0.25, -0.2) is 4.57 Å². The summed E-state index contributed by atoms with van der Waals surface area (Å²) < 4.78 is 4.80. The Morgan fingerprint density at radius 3 is 2.37 bits per heavy atom. The number of aromatic nitrogens is 3. The zero-order valence-electron chi connectivity index (χ0n) is 22.6. The lowest BCUT2D eigenvalue weighted by Crippen LogP contribution is -2.38. The molecular weight excluding hydrogens is 442 g/mol. The molecule has 6 aromatic rings. The Morgan fingerprint density at radius 2 is 1.69 bits per heavy atom. The molecule has 0 saturated carbocycles. The highest BCUT2D eigenvalue weighted by atomic mass is 28.3. The first-order valence-electron chi connectivity index (χ1n) is 12.8. The van der Waals surface area contributed by atoms with Gasteiger partial charge in [0, 0.05) is 10.8 Å². The summed E-state index contributed by atoms with van der Waals surface area (Å²) in [6.45, 7) is 18.9. The number of aryl methyl sites for hydroxylation is 3. The molecule has 0 aliphatic rings. The fourth-order valence-electron chi connectivity index (χ4n) is 6.04. The van der Waals surface area contributed by atoms with E-state index in [1.807, 2.05) is 6.33 Å². The van der Waals surface area contributed by atoms with Gasteiger partial charge in [0.25, 0.3) is 6.33 Å². The van der Waals surface area contributed by atoms with Gasteiger partial charge in [0.1, 0.15) is 5.52 Å². The summed E-state index contributed by atoms with van der Waals surface area (Å²) in [4.78, 5) is 4.95. The molecule has 35 heavy (non-hydrogen) atoms. The third-order valence-corrected chi connectivity index (χ3v) is 9.82. The van der Waals surface area contributed by atoms with Crippen LogP contribution in [0.15, 0.2) is 42.7 Å². The summed E-state index contributed by atoms with van der Waals surface area (Å²) in [5, 5.41) is 6.89. The molecule has 0 bridgehead atoms. The standard InChI is InChI=1S/C31H36N3Si/c1-18-13-22-27-20(16-31(3,4)5)11-10-12-24(27)34-25-15-21(35(7,8)9)14-23-28(25)30(33(6)17-32-23)26(19(18)2)29(22)34/h10-15,17H,16H2,1-9H3/q+1. The van der Waals surface area contributed by atoms with Gasteiger partial charge in [-0.05, 0) is 71.6 Å². The Balaban J connectivity index is 1.99. The summed E-state index contributed by atoms with van der Waals surface area (Å²) in [7, 11) is 0.598. The van der Waals surface area contributed by atoms with E-state index >= 15 is 0 Å². The van der Waals surface area contributed by atoms with Crippen molar-refractivity contribution >= 4 is 62.4 Å². The summed E-state index contributed by atoms with van der Waals surface area (Å²) in [6.07, 6.45) is 3.06. The summed E-state index contributed by atoms with van der Waals surface area (Å²) >= 11 is 0. The normalized spacial score (nSPS) is 13.4. The molecule has 0 aliphatic carbocycles. The van der Waals surface area contributed by atoms with E-state index in [0.717, 1.165) is 11.9 Å². The van der Waals surface area contributed by atoms with Gasteiger partial charge in [0.2, 0.25) is 0 Å². The number of hydrogen-bond acceptors (Lipinski definition) is 1. The minimum atomic E-state index is -1.55. The van der Waals surface area contributed by atoms with Crippen LogP contribution in [-0.2, 0) is 13.5 Å². The molecule has 0 N–H and O–H groups in total. The highest BCUT2D eigenvalue weighted by molar-refractivity contribution is 6.89. The van der Waals surface area contributed by atoms with Crippen molar-refractivity contribution < 1.29 is 4.57 Å². The van der Waals surface area contributed by atoms with Crippen molar-refractivity contribution in [1.82, 2.24) is 9.38 Å². The maximum atomic E-state index is 4.95. The highest BCUT2D eigenvalue weighted by Crippen LogP contribution is 2.43. The van der Waals surface area contributed by atoms with Gasteiger partial charge in [0.05, 0.1) is 42.4 Å². The van der Waals surface area contributed by atoms with Crippen molar-refractivity contribution in [2.75, 3.05) is 0 Å². The number of benzene rings is 3. The lowest BCUT2D eigenvalue weighted by molar-refractivity contribution is -0.646. The highest BCUT2D eigenvalue weighted by Gasteiger charge is 2.28. The Morgan fingerprint density at radius 1 is 0.943 bits per heavy atom. The molecule has 3 nitrogen and oxygen atoms in total. The monoisotopic (exact) mass is 478 g/mol. The van der Waals surface area contributed by atoms with Gasteiger partial charge >= 0.3 is 0 Å². The zero-order valence-corrected chi connectivity index (χ0v) is 23.6. The second-order valence-corrected chi connectivity index (χ2v) is 17.9. The maximum Gasteiger partial charge on any atom is 0.287 e. The van der Waals surface area contributed by atoms with E-state index < -0.39 is 8.07 Å². The van der Waals surface area contributed by atoms with Crippen molar-refractivity contribution in [2.24, 2.45) is 12.5 Å². The Hall–Kier alpha value is -2.98. The van der Waals surface area contributed by atoms with E-state index in [9.17, 15) is 0 Å². The molecule has 3 heterocycles. The predicted molar refractivity (Wildman–Crippen MR) is 153 cm³/mol. The Bertz CT molecular complexity index is 1810. The fourth-order valence-corrected chi connectivity index (χ4v) is 7.18. The van der Waals surface area contributed by atoms with Gasteiger partial charge in [-0.15, -0.1) is 0 Å². The second-order valence-electron chi connectivity index (χ2n) is 12.8. The number of fused-ring (bicyclic) bond motifs is 5. The van der Waals surface area contributed by atoms with Gasteiger partial charge in [-0.3, -0.25) is 0 Å². The van der Waals surface area contributed by atoms with E-state index in [2.05, 4.69) is 107 Å². The van der Waals surface area contributed by atoms with Crippen molar-refractivity contribution in [1.29, 1.82) is 0 Å². The summed E-state index contributed by atoms with van der Waals surface area (Å²) in [5.74, 6) is 0. The van der Waals surface area contributed by atoms with Crippen LogP contribution in [0.25, 0.3) is 49.1 Å². The molecule has 0 aliphatic heterocycles. The minimum Gasteiger partial charge on any atom is -0.308 e. The van der Waals surface area contributed by atoms with Crippen molar-refractivity contribution in [3.63, 3.8) is 0 Å². The lowest BCUT2D eigenvalue weighted by atomic mass is 9.86. The van der Waals surface area contributed by atoms with Gasteiger partial charge < -0.3 is 4.40 Å². The molecule has 0 radical (unpaired) electrons. The van der Waals surface area contributed by atoms with Crippen LogP contribution in [0, 0.1) is 19.3 Å². The number of pyridine rings is 1. The minimum absolute atomic E-state index is 0.218. The Kier molecular flexibility index (Phi) is 4.52. The molecule has 0 spiro atoms. The molecule has 178 valence electrons. The van der Waals surface area contributed by atoms with E-state index in [4.69, 9.17) is 4.98 Å². The molecule has 6 rings (SSSR count). The van der Waals surface area contributed by atoms with Gasteiger partial charge in [0.15, 0.2) is 5.52 Å². The number of nitrogens with zero attached hydrogens (tertiary/aromatic N) is 3. The molecule has 3 aromatic carbocycles. The molecule has 0 atom stereocenters. The SMILES string of the molecule is Cc1cc2c3c(CC(C)(C)C)cccc3n3c4cc([Si](C)(C)C)cc5nc[n+](C)c(c(c1C)c23)c54. The average molecular weight is 479 g/mol. The first-order valence-corrected chi connectivity index (χ1v) is 16.3. The van der Waals surface area contributed by atoms with Crippen LogP contribution in [0.5, 0.6) is 0 Å². The number of hydrogen-bond donors (Lipinski definition) is 0. The van der Waals surface area contributed by atoms with Crippen molar-refractivity contribution in [2.45, 2.75) is 60.7 Å². The second kappa shape index (κ2) is 7.04. The van der Waals surface area contributed by atoms with Crippen molar-refractivity contribution in [3.8, 4) is 0 Å². The first-order chi connectivity index (χ1) is 16.4. The Labute approximate surface area is 208 Å². The van der Waals surface area contributed by atoms with Crippen LogP contribution < -0.4 is 9.75 Å². The molecule has 0 saturated heterocycles. The summed E-state index contributed by atoms with van der Waals surface area (Å²) in [5.41, 5.74) is 10.8. The summed E-state index contributed by atoms with van der Waals surface area (Å²) in [6, 6.07) is 14.2. The van der Waals surface area contributed by atoms with Crippen LogP contribution in [0.2, 0.25) is 19.6 Å². The first kappa shape index (κ1) is 22.5. The smallest absolute Gasteiger partial charge is 0.287 e. The van der Waals surface area contributed by atoms with Crippen LogP contribution >= 0.6 is 0 Å². The predicted octanol–water partition coefficient (Wildman–Crippen LogP) is 6.96. The van der Waals surface area contributed by atoms with E-state index in [0.29, 0.717) is 0 Å².